The minimum absolute atomic E-state index is 0.148. The molecule has 9 heteroatoms. The van der Waals surface area contributed by atoms with Crippen LogP contribution in [0.2, 0.25) is 0 Å². The van der Waals surface area contributed by atoms with Gasteiger partial charge in [-0.1, -0.05) is 6.07 Å². The molecule has 1 amide bonds. The zero-order chi connectivity index (χ0) is 20.5. The Bertz CT molecular complexity index is 1010. The molecule has 0 unspecified atom stereocenters. The number of aromatic nitrogens is 3. The number of hydrogen-bond donors (Lipinski definition) is 0. The number of amides is 1. The molecular weight excluding hydrogens is 407 g/mol. The van der Waals surface area contributed by atoms with E-state index in [0.717, 1.165) is 17.7 Å². The molecule has 7 nitrogen and oxygen atoms in total. The number of benzene rings is 1. The van der Waals surface area contributed by atoms with Crippen molar-refractivity contribution in [1.29, 1.82) is 0 Å². The van der Waals surface area contributed by atoms with Crippen LogP contribution in [0.1, 0.15) is 23.5 Å². The van der Waals surface area contributed by atoms with Gasteiger partial charge in [0.05, 0.1) is 23.8 Å². The monoisotopic (exact) mass is 428 g/mol. The summed E-state index contributed by atoms with van der Waals surface area (Å²) in [5.41, 5.74) is 0.653. The number of nitrogens with zero attached hydrogens (tertiary/aromatic N) is 4. The van der Waals surface area contributed by atoms with Crippen LogP contribution in [0.25, 0.3) is 16.4 Å². The first kappa shape index (κ1) is 19.3. The lowest BCUT2D eigenvalue weighted by Crippen LogP contribution is -2.41. The van der Waals surface area contributed by atoms with Gasteiger partial charge in [0.15, 0.2) is 12.1 Å². The van der Waals surface area contributed by atoms with Gasteiger partial charge >= 0.3 is 0 Å². The number of thiophene rings is 1. The fourth-order valence-corrected chi connectivity index (χ4v) is 4.59. The van der Waals surface area contributed by atoms with Crippen molar-refractivity contribution in [1.82, 2.24) is 19.7 Å². The first-order valence-corrected chi connectivity index (χ1v) is 10.9. The van der Waals surface area contributed by atoms with Gasteiger partial charge in [-0.05, 0) is 48.6 Å². The molecule has 2 aromatic heterocycles. The third-order valence-electron chi connectivity index (χ3n) is 5.47. The number of rotatable bonds is 4. The van der Waals surface area contributed by atoms with Crippen LogP contribution in [0, 0.1) is 11.7 Å². The minimum Gasteiger partial charge on any atom is -0.350 e. The highest BCUT2D eigenvalue weighted by atomic mass is 32.1. The summed E-state index contributed by atoms with van der Waals surface area (Å²) in [7, 11) is 0. The second-order valence-electron chi connectivity index (χ2n) is 7.36. The molecule has 4 heterocycles. The van der Waals surface area contributed by atoms with Crippen LogP contribution >= 0.6 is 11.3 Å². The maximum atomic E-state index is 13.4. The van der Waals surface area contributed by atoms with Crippen molar-refractivity contribution in [3.8, 4) is 16.4 Å². The Morgan fingerprint density at radius 1 is 1.10 bits per heavy atom. The fourth-order valence-electron chi connectivity index (χ4n) is 3.90. The first-order valence-electron chi connectivity index (χ1n) is 9.98. The van der Waals surface area contributed by atoms with Gasteiger partial charge in [-0.3, -0.25) is 4.79 Å². The van der Waals surface area contributed by atoms with Crippen LogP contribution in [0.5, 0.6) is 0 Å². The summed E-state index contributed by atoms with van der Waals surface area (Å²) < 4.78 is 26.2. The summed E-state index contributed by atoms with van der Waals surface area (Å²) in [6.07, 6.45) is 1.50. The maximum Gasteiger partial charge on any atom is 0.293 e. The number of piperidine rings is 1. The largest absolute Gasteiger partial charge is 0.350 e. The van der Waals surface area contributed by atoms with Crippen molar-refractivity contribution in [3.63, 3.8) is 0 Å². The second kappa shape index (κ2) is 8.25. The zero-order valence-electron chi connectivity index (χ0n) is 16.2. The van der Waals surface area contributed by atoms with Crippen molar-refractivity contribution in [3.05, 3.63) is 53.4 Å². The molecule has 0 saturated carbocycles. The van der Waals surface area contributed by atoms with Crippen LogP contribution in [0.3, 0.4) is 0 Å². The zero-order valence-corrected chi connectivity index (χ0v) is 17.1. The van der Waals surface area contributed by atoms with E-state index in [2.05, 4.69) is 10.1 Å². The highest BCUT2D eigenvalue weighted by Crippen LogP contribution is 2.28. The smallest absolute Gasteiger partial charge is 0.293 e. The fraction of sp³-hybridized carbons (Fsp3) is 0.381. The second-order valence-corrected chi connectivity index (χ2v) is 8.31. The number of halogens is 1. The summed E-state index contributed by atoms with van der Waals surface area (Å²) in [6.45, 7) is 2.51. The summed E-state index contributed by atoms with van der Waals surface area (Å²) in [4.78, 5) is 20.3. The average molecular weight is 428 g/mol. The van der Waals surface area contributed by atoms with Crippen LogP contribution in [-0.2, 0) is 9.47 Å². The predicted octanol–water partition coefficient (Wildman–Crippen LogP) is 3.36. The molecule has 2 saturated heterocycles. The Hall–Kier alpha value is -2.62. The molecule has 2 aliphatic heterocycles. The van der Waals surface area contributed by atoms with Crippen LogP contribution in [-0.4, -0.2) is 58.2 Å². The number of likely N-dealkylation sites (tertiary alicyclic amines) is 1. The molecule has 3 aromatic rings. The Labute approximate surface area is 177 Å². The van der Waals surface area contributed by atoms with Crippen molar-refractivity contribution in [2.75, 3.05) is 26.3 Å². The minimum atomic E-state index is -0.328. The summed E-state index contributed by atoms with van der Waals surface area (Å²) >= 11 is 1.51. The summed E-state index contributed by atoms with van der Waals surface area (Å²) in [5.74, 6) is 0.506. The number of carbonyl (C=O) groups is 1. The van der Waals surface area contributed by atoms with Gasteiger partial charge in [-0.2, -0.15) is 0 Å². The maximum absolute atomic E-state index is 13.4. The topological polar surface area (TPSA) is 69.5 Å². The molecule has 0 radical (unpaired) electrons. The highest BCUT2D eigenvalue weighted by molar-refractivity contribution is 7.13. The van der Waals surface area contributed by atoms with Crippen LogP contribution < -0.4 is 0 Å². The lowest BCUT2D eigenvalue weighted by Gasteiger charge is -2.33. The van der Waals surface area contributed by atoms with Gasteiger partial charge < -0.3 is 14.4 Å². The van der Waals surface area contributed by atoms with Gasteiger partial charge in [-0.25, -0.2) is 14.1 Å². The van der Waals surface area contributed by atoms with Crippen molar-refractivity contribution >= 4 is 17.2 Å². The Morgan fingerprint density at radius 3 is 2.50 bits per heavy atom. The molecule has 30 heavy (non-hydrogen) atoms. The molecule has 0 N–H and O–H groups in total. The molecule has 0 bridgehead atoms. The average Bonchev–Trinajstić information content (AvgIpc) is 3.55. The summed E-state index contributed by atoms with van der Waals surface area (Å²) in [5, 5.41) is 6.43. The number of hydrogen-bond acceptors (Lipinski definition) is 6. The molecule has 0 aliphatic carbocycles. The molecule has 0 atom stereocenters. The molecule has 156 valence electrons. The van der Waals surface area contributed by atoms with Gasteiger partial charge in [0.25, 0.3) is 5.91 Å². The van der Waals surface area contributed by atoms with Crippen molar-refractivity contribution < 1.29 is 18.7 Å². The Kier molecular flexibility index (Phi) is 5.32. The first-order chi connectivity index (χ1) is 14.7. The van der Waals surface area contributed by atoms with E-state index in [9.17, 15) is 9.18 Å². The van der Waals surface area contributed by atoms with E-state index in [1.54, 1.807) is 21.7 Å². The highest BCUT2D eigenvalue weighted by Gasteiger charge is 2.33. The molecular formula is C21H21FN4O3S. The standard InChI is InChI=1S/C21H21FN4O3S/c22-15-3-5-16(6-4-15)26-19(17-2-1-13-30-17)23-18(24-26)20(27)25-9-7-14(8-10-25)21-28-11-12-29-21/h1-6,13-14,21H,7-12H2. The third-order valence-corrected chi connectivity index (χ3v) is 6.34. The van der Waals surface area contributed by atoms with Crippen LogP contribution in [0.4, 0.5) is 4.39 Å². The van der Waals surface area contributed by atoms with E-state index in [4.69, 9.17) is 9.47 Å². The number of ether oxygens (including phenoxy) is 2. The van der Waals surface area contributed by atoms with Crippen molar-refractivity contribution in [2.24, 2.45) is 5.92 Å². The molecule has 5 rings (SSSR count). The van der Waals surface area contributed by atoms with E-state index in [-0.39, 0.29) is 23.8 Å². The SMILES string of the molecule is O=C(c1nc(-c2cccs2)n(-c2ccc(F)cc2)n1)N1CCC(C2OCCO2)CC1. The lowest BCUT2D eigenvalue weighted by atomic mass is 9.96. The van der Waals surface area contributed by atoms with E-state index in [1.165, 1.54) is 23.5 Å². The van der Waals surface area contributed by atoms with E-state index in [0.29, 0.717) is 43.7 Å². The molecule has 2 aliphatic rings. The molecule has 0 spiro atoms. The normalized spacial score (nSPS) is 18.2. The Morgan fingerprint density at radius 2 is 1.83 bits per heavy atom. The van der Waals surface area contributed by atoms with Crippen LogP contribution in [0.15, 0.2) is 41.8 Å². The quantitative estimate of drug-likeness (QED) is 0.637. The van der Waals surface area contributed by atoms with E-state index >= 15 is 0 Å². The van der Waals surface area contributed by atoms with Gasteiger partial charge in [-0.15, -0.1) is 16.4 Å². The lowest BCUT2D eigenvalue weighted by molar-refractivity contribution is -0.0956. The third kappa shape index (κ3) is 3.76. The number of carbonyl (C=O) groups excluding carboxylic acids is 1. The Balaban J connectivity index is 1.38. The summed E-state index contributed by atoms with van der Waals surface area (Å²) in [6, 6.07) is 9.84. The van der Waals surface area contributed by atoms with Gasteiger partial charge in [0.2, 0.25) is 5.82 Å². The molecule has 1 aromatic carbocycles. The van der Waals surface area contributed by atoms with E-state index in [1.807, 2.05) is 17.5 Å². The van der Waals surface area contributed by atoms with Gasteiger partial charge in [0.1, 0.15) is 5.82 Å². The van der Waals surface area contributed by atoms with Crippen molar-refractivity contribution in [2.45, 2.75) is 19.1 Å². The predicted molar refractivity (Wildman–Crippen MR) is 109 cm³/mol. The molecule has 2 fully saturated rings. The van der Waals surface area contributed by atoms with E-state index < -0.39 is 0 Å². The van der Waals surface area contributed by atoms with Gasteiger partial charge in [0, 0.05) is 19.0 Å².